The molecule has 35 heavy (non-hydrogen) atoms. The molecule has 1 aliphatic heterocycles. The van der Waals surface area contributed by atoms with Crippen LogP contribution in [0.4, 0.5) is 0 Å². The van der Waals surface area contributed by atoms with Gasteiger partial charge in [0, 0.05) is 12.0 Å². The van der Waals surface area contributed by atoms with Crippen LogP contribution < -0.4 is 21.3 Å². The third-order valence-electron chi connectivity index (χ3n) is 5.65. The van der Waals surface area contributed by atoms with Gasteiger partial charge >= 0.3 is 0 Å². The molecule has 1 aromatic rings. The Hall–Kier alpha value is -2.95. The van der Waals surface area contributed by atoms with Crippen LogP contribution >= 0.6 is 0 Å². The van der Waals surface area contributed by atoms with Crippen LogP contribution in [-0.4, -0.2) is 58.5 Å². The van der Waals surface area contributed by atoms with Gasteiger partial charge in [-0.05, 0) is 38.5 Å². The van der Waals surface area contributed by atoms with Crippen molar-refractivity contribution < 1.29 is 28.7 Å². The summed E-state index contributed by atoms with van der Waals surface area (Å²) in [7, 11) is 0. The van der Waals surface area contributed by atoms with E-state index in [1.54, 1.807) is 20.8 Å². The fraction of sp³-hybridized carbons (Fsp3) is 0.708. The number of nitrogens with zero attached hydrogens (tertiary/aromatic N) is 1. The van der Waals surface area contributed by atoms with E-state index in [1.165, 1.54) is 13.2 Å². The summed E-state index contributed by atoms with van der Waals surface area (Å²) in [5.74, 6) is -1.61. The number of hydrogen-bond acceptors (Lipinski definition) is 7. The predicted molar refractivity (Wildman–Crippen MR) is 128 cm³/mol. The Morgan fingerprint density at radius 2 is 1.86 bits per heavy atom. The number of oxazole rings is 1. The molecule has 0 aromatic carbocycles. The minimum Gasteiger partial charge on any atom is -0.446 e. The van der Waals surface area contributed by atoms with Gasteiger partial charge in [0.05, 0.1) is 6.10 Å². The zero-order valence-corrected chi connectivity index (χ0v) is 21.4. The summed E-state index contributed by atoms with van der Waals surface area (Å²) >= 11 is 0. The largest absolute Gasteiger partial charge is 0.446 e. The van der Waals surface area contributed by atoms with Gasteiger partial charge in [-0.15, -0.1) is 0 Å². The minimum absolute atomic E-state index is 0.103. The number of aromatic nitrogens is 1. The first-order valence-electron chi connectivity index (χ1n) is 12.1. The Bertz CT molecular complexity index is 904. The maximum Gasteiger partial charge on any atom is 0.273 e. The third kappa shape index (κ3) is 8.34. The SMILES string of the molecule is CC(C)C[C@@H]1NC(=O)[C@H]([C@@H](C)O)NC(=O)[C@@H](NC(=O)C(C)(C)C)CCCCNC(=O)c2coc1n2. The molecule has 0 saturated carbocycles. The van der Waals surface area contributed by atoms with Crippen molar-refractivity contribution in [2.24, 2.45) is 11.3 Å². The van der Waals surface area contributed by atoms with E-state index in [2.05, 4.69) is 26.3 Å². The number of fused-ring (bicyclic) bond motifs is 2. The van der Waals surface area contributed by atoms with Crippen LogP contribution in [0.25, 0.3) is 0 Å². The molecule has 0 aliphatic carbocycles. The van der Waals surface area contributed by atoms with E-state index in [9.17, 15) is 24.3 Å². The van der Waals surface area contributed by atoms with Gasteiger partial charge in [0.1, 0.15) is 24.4 Å². The van der Waals surface area contributed by atoms with Gasteiger partial charge in [-0.3, -0.25) is 19.2 Å². The Labute approximate surface area is 206 Å². The van der Waals surface area contributed by atoms with E-state index in [1.807, 2.05) is 13.8 Å². The van der Waals surface area contributed by atoms with Crippen LogP contribution in [0.2, 0.25) is 0 Å². The van der Waals surface area contributed by atoms with Gasteiger partial charge < -0.3 is 30.8 Å². The standard InChI is InChI=1S/C24H39N5O6/c1-13(2)11-16-22-27-17(12-35-22)19(31)25-10-8-7-9-15(28-23(34)24(4,5)6)20(32)29-18(14(3)30)21(33)26-16/h12-16,18,30H,7-11H2,1-6H3,(H,25,31)(H,26,33)(H,28,34)(H,29,32)/t14-,15+,16+,18+/m1/s1. The summed E-state index contributed by atoms with van der Waals surface area (Å²) < 4.78 is 5.50. The van der Waals surface area contributed by atoms with Crippen molar-refractivity contribution >= 4 is 23.6 Å². The molecule has 4 amide bonds. The number of carbonyl (C=O) groups is 4. The number of carbonyl (C=O) groups excluding carboxylic acids is 4. The van der Waals surface area contributed by atoms with Crippen molar-refractivity contribution in [2.45, 2.75) is 91.5 Å². The minimum atomic E-state index is -1.27. The van der Waals surface area contributed by atoms with Gasteiger partial charge in [0.2, 0.25) is 23.6 Å². The zero-order chi connectivity index (χ0) is 26.3. The second-order valence-corrected chi connectivity index (χ2v) is 10.5. The predicted octanol–water partition coefficient (Wildman–Crippen LogP) is 1.19. The number of amides is 4. The first-order valence-corrected chi connectivity index (χ1v) is 12.1. The van der Waals surface area contributed by atoms with Crippen LogP contribution in [-0.2, 0) is 14.4 Å². The normalized spacial score (nSPS) is 23.8. The van der Waals surface area contributed by atoms with Gasteiger partial charge in [0.15, 0.2) is 5.69 Å². The topological polar surface area (TPSA) is 163 Å². The molecule has 0 spiro atoms. The third-order valence-corrected chi connectivity index (χ3v) is 5.65. The Morgan fingerprint density at radius 3 is 2.46 bits per heavy atom. The summed E-state index contributed by atoms with van der Waals surface area (Å²) in [6.07, 6.45) is 1.87. The maximum absolute atomic E-state index is 13.1. The molecule has 196 valence electrons. The van der Waals surface area contributed by atoms with Crippen LogP contribution in [0.15, 0.2) is 10.7 Å². The number of rotatable bonds is 4. The highest BCUT2D eigenvalue weighted by Crippen LogP contribution is 2.22. The van der Waals surface area contributed by atoms with Crippen molar-refractivity contribution in [1.29, 1.82) is 0 Å². The number of nitrogens with one attached hydrogen (secondary N) is 4. The summed E-state index contributed by atoms with van der Waals surface area (Å²) in [5.41, 5.74) is -0.617. The van der Waals surface area contributed by atoms with Crippen LogP contribution in [0, 0.1) is 11.3 Å². The second kappa shape index (κ2) is 12.1. The number of aliphatic hydroxyl groups excluding tert-OH is 1. The number of hydrogen-bond donors (Lipinski definition) is 5. The van der Waals surface area contributed by atoms with E-state index < -0.39 is 47.4 Å². The van der Waals surface area contributed by atoms with Gasteiger partial charge in [-0.25, -0.2) is 4.98 Å². The molecule has 0 radical (unpaired) electrons. The molecule has 11 heteroatoms. The lowest BCUT2D eigenvalue weighted by molar-refractivity contribution is -0.136. The molecular weight excluding hydrogens is 454 g/mol. The van der Waals surface area contributed by atoms with Crippen molar-refractivity contribution in [3.8, 4) is 0 Å². The Morgan fingerprint density at radius 1 is 1.17 bits per heavy atom. The quantitative estimate of drug-likeness (QED) is 0.421. The summed E-state index contributed by atoms with van der Waals surface area (Å²) in [6, 6.07) is -2.85. The molecular formula is C24H39N5O6. The molecule has 5 N–H and O–H groups in total. The highest BCUT2D eigenvalue weighted by atomic mass is 16.3. The first-order chi connectivity index (χ1) is 16.3. The van der Waals surface area contributed by atoms with Gasteiger partial charge in [-0.1, -0.05) is 34.6 Å². The second-order valence-electron chi connectivity index (χ2n) is 10.5. The van der Waals surface area contributed by atoms with E-state index in [0.717, 1.165) is 0 Å². The molecule has 2 heterocycles. The van der Waals surface area contributed by atoms with Crippen LogP contribution in [0.5, 0.6) is 0 Å². The summed E-state index contributed by atoms with van der Waals surface area (Å²) in [6.45, 7) is 10.9. The average molecular weight is 494 g/mol. The van der Waals surface area contributed by atoms with Crippen LogP contribution in [0.3, 0.4) is 0 Å². The lowest BCUT2D eigenvalue weighted by Gasteiger charge is -2.28. The van der Waals surface area contributed by atoms with E-state index in [4.69, 9.17) is 4.42 Å². The van der Waals surface area contributed by atoms with E-state index in [0.29, 0.717) is 32.2 Å². The molecule has 0 unspecified atom stereocenters. The fourth-order valence-corrected chi connectivity index (χ4v) is 3.57. The smallest absolute Gasteiger partial charge is 0.273 e. The monoisotopic (exact) mass is 493 g/mol. The highest BCUT2D eigenvalue weighted by Gasteiger charge is 2.34. The number of aliphatic hydroxyl groups is 1. The Kier molecular flexibility index (Phi) is 9.82. The first kappa shape index (κ1) is 28.3. The molecule has 4 atom stereocenters. The molecule has 1 aliphatic rings. The summed E-state index contributed by atoms with van der Waals surface area (Å²) in [5, 5.41) is 21.2. The highest BCUT2D eigenvalue weighted by molar-refractivity contribution is 5.93. The van der Waals surface area contributed by atoms with Gasteiger partial charge in [-0.2, -0.15) is 0 Å². The van der Waals surface area contributed by atoms with Gasteiger partial charge in [0.25, 0.3) is 5.91 Å². The molecule has 2 rings (SSSR count). The van der Waals surface area contributed by atoms with Crippen LogP contribution in [0.1, 0.15) is 89.6 Å². The lowest BCUT2D eigenvalue weighted by atomic mass is 9.94. The Balaban J connectivity index is 2.35. The lowest BCUT2D eigenvalue weighted by Crippen LogP contribution is -2.58. The molecule has 11 nitrogen and oxygen atoms in total. The zero-order valence-electron chi connectivity index (χ0n) is 21.4. The van der Waals surface area contributed by atoms with Crippen molar-refractivity contribution in [2.75, 3.05) is 6.54 Å². The molecule has 1 aromatic heterocycles. The van der Waals surface area contributed by atoms with E-state index >= 15 is 0 Å². The molecule has 0 fully saturated rings. The molecule has 2 bridgehead atoms. The van der Waals surface area contributed by atoms with Crippen molar-refractivity contribution in [1.82, 2.24) is 26.3 Å². The van der Waals surface area contributed by atoms with Crippen molar-refractivity contribution in [3.05, 3.63) is 17.8 Å². The molecule has 0 saturated heterocycles. The summed E-state index contributed by atoms with van der Waals surface area (Å²) in [4.78, 5) is 55.5. The average Bonchev–Trinajstić information content (AvgIpc) is 3.24. The van der Waals surface area contributed by atoms with E-state index in [-0.39, 0.29) is 23.4 Å². The van der Waals surface area contributed by atoms with Crippen molar-refractivity contribution in [3.63, 3.8) is 0 Å². The maximum atomic E-state index is 13.1. The fourth-order valence-electron chi connectivity index (χ4n) is 3.57.